The van der Waals surface area contributed by atoms with Gasteiger partial charge < -0.3 is 15.0 Å². The van der Waals surface area contributed by atoms with E-state index in [1.54, 1.807) is 35.1 Å². The molecule has 7 heteroatoms. The Balaban J connectivity index is 1.56. The molecule has 1 aromatic heterocycles. The van der Waals surface area contributed by atoms with Gasteiger partial charge in [-0.05, 0) is 44.4 Å². The molecule has 3 rings (SSSR count). The topological polar surface area (TPSA) is 76.5 Å². The van der Waals surface area contributed by atoms with E-state index in [4.69, 9.17) is 4.74 Å². The molecule has 144 valence electrons. The summed E-state index contributed by atoms with van der Waals surface area (Å²) in [5.74, 6) is 0.316. The molecule has 1 N–H and O–H groups in total. The summed E-state index contributed by atoms with van der Waals surface area (Å²) in [5.41, 5.74) is 1.43. The molecule has 0 spiro atoms. The molecular weight excluding hydrogens is 344 g/mol. The number of piperidine rings is 1. The maximum absolute atomic E-state index is 12.5. The van der Waals surface area contributed by atoms with Gasteiger partial charge in [0.25, 0.3) is 11.8 Å². The van der Waals surface area contributed by atoms with Crippen molar-refractivity contribution in [2.24, 2.45) is 7.05 Å². The molecule has 27 heavy (non-hydrogen) atoms. The maximum atomic E-state index is 12.5. The molecule has 0 radical (unpaired) electrons. The van der Waals surface area contributed by atoms with Crippen molar-refractivity contribution < 1.29 is 14.3 Å². The Kier molecular flexibility index (Phi) is 6.11. The van der Waals surface area contributed by atoms with E-state index >= 15 is 0 Å². The van der Waals surface area contributed by atoms with E-state index in [1.807, 2.05) is 25.1 Å². The minimum absolute atomic E-state index is 0.00282. The van der Waals surface area contributed by atoms with Gasteiger partial charge in [0.2, 0.25) is 0 Å². The zero-order chi connectivity index (χ0) is 19.2. The van der Waals surface area contributed by atoms with E-state index in [0.29, 0.717) is 11.3 Å². The number of hydrogen-bond acceptors (Lipinski definition) is 4. The standard InChI is InChI=1S/C20H26N4O3/c1-15(17-12-21-23(2)13-17)22-20(26)16-7-6-8-18(11-16)27-14-19(25)24-9-4-3-5-10-24/h6-8,11-13,15H,3-5,9-10,14H2,1-2H3,(H,22,26)/t15-/m1/s1. The predicted molar refractivity (Wildman–Crippen MR) is 101 cm³/mol. The number of rotatable bonds is 6. The first-order valence-electron chi connectivity index (χ1n) is 9.33. The van der Waals surface area contributed by atoms with Gasteiger partial charge in [0.1, 0.15) is 5.75 Å². The lowest BCUT2D eigenvalue weighted by molar-refractivity contribution is -0.134. The third kappa shape index (κ3) is 5.09. The minimum atomic E-state index is -0.195. The van der Waals surface area contributed by atoms with Gasteiger partial charge in [-0.2, -0.15) is 5.10 Å². The van der Waals surface area contributed by atoms with Crippen LogP contribution in [0, 0.1) is 0 Å². The zero-order valence-corrected chi connectivity index (χ0v) is 15.9. The molecule has 0 unspecified atom stereocenters. The van der Waals surface area contributed by atoms with Crippen LogP contribution in [0.3, 0.4) is 0 Å². The highest BCUT2D eigenvalue weighted by Crippen LogP contribution is 2.16. The average Bonchev–Trinajstić information content (AvgIpc) is 3.13. The van der Waals surface area contributed by atoms with Crippen LogP contribution in [0.25, 0.3) is 0 Å². The van der Waals surface area contributed by atoms with E-state index in [-0.39, 0.29) is 24.5 Å². The number of benzene rings is 1. The molecule has 0 saturated carbocycles. The molecule has 1 aromatic carbocycles. The second-order valence-electron chi connectivity index (χ2n) is 6.90. The van der Waals surface area contributed by atoms with Gasteiger partial charge in [-0.1, -0.05) is 6.07 Å². The second kappa shape index (κ2) is 8.70. The Hall–Kier alpha value is -2.83. The smallest absolute Gasteiger partial charge is 0.260 e. The highest BCUT2D eigenvalue weighted by atomic mass is 16.5. The number of nitrogens with one attached hydrogen (secondary N) is 1. The average molecular weight is 370 g/mol. The monoisotopic (exact) mass is 370 g/mol. The van der Waals surface area contributed by atoms with Crippen molar-refractivity contribution in [3.05, 3.63) is 47.8 Å². The molecule has 1 aliphatic rings. The lowest BCUT2D eigenvalue weighted by atomic mass is 10.1. The summed E-state index contributed by atoms with van der Waals surface area (Å²) in [6, 6.07) is 6.74. The first-order valence-corrected chi connectivity index (χ1v) is 9.33. The third-order valence-corrected chi connectivity index (χ3v) is 4.74. The fraction of sp³-hybridized carbons (Fsp3) is 0.450. The highest BCUT2D eigenvalue weighted by Gasteiger charge is 2.17. The van der Waals surface area contributed by atoms with Gasteiger partial charge in [-0.25, -0.2) is 0 Å². The molecule has 0 bridgehead atoms. The van der Waals surface area contributed by atoms with Crippen molar-refractivity contribution in [1.82, 2.24) is 20.0 Å². The SMILES string of the molecule is C[C@@H](NC(=O)c1cccc(OCC(=O)N2CCCCC2)c1)c1cnn(C)c1. The minimum Gasteiger partial charge on any atom is -0.484 e. The summed E-state index contributed by atoms with van der Waals surface area (Å²) in [6.45, 7) is 3.51. The molecular formula is C20H26N4O3. The van der Waals surface area contributed by atoms with Crippen LogP contribution in [0.5, 0.6) is 5.75 Å². The molecule has 1 atom stereocenters. The highest BCUT2D eigenvalue weighted by molar-refractivity contribution is 5.94. The first-order chi connectivity index (χ1) is 13.0. The number of aryl methyl sites for hydroxylation is 1. The summed E-state index contributed by atoms with van der Waals surface area (Å²) in [4.78, 5) is 26.6. The van der Waals surface area contributed by atoms with Crippen LogP contribution in [0.2, 0.25) is 0 Å². The first kappa shape index (κ1) is 18.9. The van der Waals surface area contributed by atoms with Crippen molar-refractivity contribution in [2.45, 2.75) is 32.2 Å². The van der Waals surface area contributed by atoms with E-state index in [9.17, 15) is 9.59 Å². The van der Waals surface area contributed by atoms with Gasteiger partial charge in [-0.3, -0.25) is 14.3 Å². The van der Waals surface area contributed by atoms with Gasteiger partial charge >= 0.3 is 0 Å². The Labute approximate surface area is 159 Å². The Morgan fingerprint density at radius 3 is 2.74 bits per heavy atom. The molecule has 2 aromatic rings. The Morgan fingerprint density at radius 2 is 2.04 bits per heavy atom. The van der Waals surface area contributed by atoms with Crippen LogP contribution < -0.4 is 10.1 Å². The van der Waals surface area contributed by atoms with Crippen molar-refractivity contribution in [3.8, 4) is 5.75 Å². The number of hydrogen-bond donors (Lipinski definition) is 1. The number of carbonyl (C=O) groups is 2. The van der Waals surface area contributed by atoms with Crippen LogP contribution >= 0.6 is 0 Å². The van der Waals surface area contributed by atoms with Crippen LogP contribution in [-0.4, -0.2) is 46.2 Å². The molecule has 1 fully saturated rings. The predicted octanol–water partition coefficient (Wildman–Crippen LogP) is 2.30. The lowest BCUT2D eigenvalue weighted by Crippen LogP contribution is -2.38. The zero-order valence-electron chi connectivity index (χ0n) is 15.9. The number of carbonyl (C=O) groups excluding carboxylic acids is 2. The van der Waals surface area contributed by atoms with E-state index < -0.39 is 0 Å². The molecule has 0 aliphatic carbocycles. The lowest BCUT2D eigenvalue weighted by Gasteiger charge is -2.26. The molecule has 2 amide bonds. The van der Waals surface area contributed by atoms with E-state index in [1.165, 1.54) is 6.42 Å². The number of aromatic nitrogens is 2. The number of amides is 2. The Bertz CT molecular complexity index is 796. The summed E-state index contributed by atoms with van der Waals surface area (Å²) in [6.07, 6.45) is 6.89. The largest absolute Gasteiger partial charge is 0.484 e. The van der Waals surface area contributed by atoms with Crippen LogP contribution in [0.4, 0.5) is 0 Å². The van der Waals surface area contributed by atoms with Gasteiger partial charge in [0.15, 0.2) is 6.61 Å². The van der Waals surface area contributed by atoms with Crippen LogP contribution in [-0.2, 0) is 11.8 Å². The third-order valence-electron chi connectivity index (χ3n) is 4.74. The van der Waals surface area contributed by atoms with E-state index in [0.717, 1.165) is 31.5 Å². The summed E-state index contributed by atoms with van der Waals surface area (Å²) >= 11 is 0. The van der Waals surface area contributed by atoms with Crippen LogP contribution in [0.1, 0.15) is 48.1 Å². The van der Waals surface area contributed by atoms with Gasteiger partial charge in [-0.15, -0.1) is 0 Å². The molecule has 2 heterocycles. The second-order valence-corrected chi connectivity index (χ2v) is 6.90. The molecule has 7 nitrogen and oxygen atoms in total. The summed E-state index contributed by atoms with van der Waals surface area (Å²) in [5, 5.41) is 7.07. The van der Waals surface area contributed by atoms with Gasteiger partial charge in [0.05, 0.1) is 12.2 Å². The van der Waals surface area contributed by atoms with Crippen molar-refractivity contribution in [2.75, 3.05) is 19.7 Å². The fourth-order valence-electron chi connectivity index (χ4n) is 3.13. The van der Waals surface area contributed by atoms with Crippen molar-refractivity contribution in [1.29, 1.82) is 0 Å². The van der Waals surface area contributed by atoms with Crippen LogP contribution in [0.15, 0.2) is 36.7 Å². The molecule has 1 aliphatic heterocycles. The summed E-state index contributed by atoms with van der Waals surface area (Å²) in [7, 11) is 1.84. The normalized spacial score (nSPS) is 15.3. The number of nitrogens with zero attached hydrogens (tertiary/aromatic N) is 3. The van der Waals surface area contributed by atoms with Crippen molar-refractivity contribution >= 4 is 11.8 Å². The van der Waals surface area contributed by atoms with Gasteiger partial charge in [0, 0.05) is 37.5 Å². The number of likely N-dealkylation sites (tertiary alicyclic amines) is 1. The fourth-order valence-corrected chi connectivity index (χ4v) is 3.13. The van der Waals surface area contributed by atoms with Crippen molar-refractivity contribution in [3.63, 3.8) is 0 Å². The molecule has 1 saturated heterocycles. The Morgan fingerprint density at radius 1 is 1.26 bits per heavy atom. The quantitative estimate of drug-likeness (QED) is 0.847. The van der Waals surface area contributed by atoms with E-state index in [2.05, 4.69) is 10.4 Å². The maximum Gasteiger partial charge on any atom is 0.260 e. The number of ether oxygens (including phenoxy) is 1. The summed E-state index contributed by atoms with van der Waals surface area (Å²) < 4.78 is 7.32.